The molecule has 0 bridgehead atoms. The number of amides is 1. The van der Waals surface area contributed by atoms with Gasteiger partial charge in [0.25, 0.3) is 0 Å². The standard InChI is InChI=1S/C21H37N5O3/c1-4-22-21(24-12-8-15-28-17-18-9-6-16-29-18)23-11-7-14-26-13-5-10-19(26)20(27)25(2)3/h6,9,16,19H,4-5,7-8,10-15,17H2,1-3H3,(H2,22,23,24). The number of nitrogens with zero attached hydrogens (tertiary/aromatic N) is 3. The maximum absolute atomic E-state index is 12.3. The summed E-state index contributed by atoms with van der Waals surface area (Å²) in [6, 6.07) is 3.82. The van der Waals surface area contributed by atoms with Gasteiger partial charge in [0.1, 0.15) is 12.4 Å². The van der Waals surface area contributed by atoms with Crippen molar-refractivity contribution in [1.29, 1.82) is 0 Å². The first-order valence-electron chi connectivity index (χ1n) is 10.7. The van der Waals surface area contributed by atoms with Gasteiger partial charge in [-0.05, 0) is 51.3 Å². The van der Waals surface area contributed by atoms with E-state index in [-0.39, 0.29) is 11.9 Å². The summed E-state index contributed by atoms with van der Waals surface area (Å²) < 4.78 is 10.8. The summed E-state index contributed by atoms with van der Waals surface area (Å²) in [5.74, 6) is 1.90. The van der Waals surface area contributed by atoms with Gasteiger partial charge in [-0.15, -0.1) is 0 Å². The molecule has 0 saturated carbocycles. The van der Waals surface area contributed by atoms with E-state index in [0.717, 1.165) is 63.6 Å². The molecule has 164 valence electrons. The molecular weight excluding hydrogens is 370 g/mol. The van der Waals surface area contributed by atoms with Crippen molar-refractivity contribution in [3.8, 4) is 0 Å². The maximum atomic E-state index is 12.3. The Morgan fingerprint density at radius 1 is 1.38 bits per heavy atom. The average Bonchev–Trinajstić information content (AvgIpc) is 3.38. The molecule has 1 aromatic rings. The first-order chi connectivity index (χ1) is 14.1. The summed E-state index contributed by atoms with van der Waals surface area (Å²) >= 11 is 0. The Morgan fingerprint density at radius 3 is 2.97 bits per heavy atom. The summed E-state index contributed by atoms with van der Waals surface area (Å²) in [6.45, 7) is 7.52. The molecule has 2 N–H and O–H groups in total. The highest BCUT2D eigenvalue weighted by Gasteiger charge is 2.30. The second kappa shape index (κ2) is 13.2. The minimum absolute atomic E-state index is 0.0491. The number of aliphatic imine (C=N–C) groups is 1. The van der Waals surface area contributed by atoms with E-state index in [1.54, 1.807) is 11.2 Å². The fourth-order valence-electron chi connectivity index (χ4n) is 3.43. The summed E-state index contributed by atoms with van der Waals surface area (Å²) in [4.78, 5) is 20.9. The average molecular weight is 408 g/mol. The van der Waals surface area contributed by atoms with Crippen molar-refractivity contribution in [3.05, 3.63) is 24.2 Å². The van der Waals surface area contributed by atoms with E-state index in [0.29, 0.717) is 19.8 Å². The normalized spacial score (nSPS) is 17.5. The van der Waals surface area contributed by atoms with Crippen LogP contribution in [0.4, 0.5) is 0 Å². The van der Waals surface area contributed by atoms with Gasteiger partial charge in [0.05, 0.1) is 12.3 Å². The molecule has 2 heterocycles. The van der Waals surface area contributed by atoms with Gasteiger partial charge in [-0.2, -0.15) is 0 Å². The zero-order valence-electron chi connectivity index (χ0n) is 18.2. The van der Waals surface area contributed by atoms with Gasteiger partial charge in [0, 0.05) is 46.9 Å². The molecular formula is C21H37N5O3. The van der Waals surface area contributed by atoms with Crippen LogP contribution in [0.1, 0.15) is 38.4 Å². The molecule has 1 amide bonds. The first-order valence-corrected chi connectivity index (χ1v) is 10.7. The summed E-state index contributed by atoms with van der Waals surface area (Å²) in [6.07, 6.45) is 5.56. The lowest BCUT2D eigenvalue weighted by Gasteiger charge is -2.26. The van der Waals surface area contributed by atoms with E-state index in [4.69, 9.17) is 9.15 Å². The molecule has 0 spiro atoms. The van der Waals surface area contributed by atoms with Gasteiger partial charge < -0.3 is 24.7 Å². The molecule has 8 heteroatoms. The quantitative estimate of drug-likeness (QED) is 0.312. The van der Waals surface area contributed by atoms with E-state index in [1.807, 2.05) is 26.2 Å². The number of nitrogens with one attached hydrogen (secondary N) is 2. The van der Waals surface area contributed by atoms with E-state index in [2.05, 4.69) is 27.4 Å². The zero-order valence-corrected chi connectivity index (χ0v) is 18.2. The van der Waals surface area contributed by atoms with Gasteiger partial charge in [-0.1, -0.05) is 0 Å². The highest BCUT2D eigenvalue weighted by atomic mass is 16.5. The predicted octanol–water partition coefficient (Wildman–Crippen LogP) is 1.68. The van der Waals surface area contributed by atoms with Crippen molar-refractivity contribution >= 4 is 11.9 Å². The molecule has 2 rings (SSSR count). The molecule has 1 fully saturated rings. The molecule has 8 nitrogen and oxygen atoms in total. The number of carbonyl (C=O) groups is 1. The van der Waals surface area contributed by atoms with Gasteiger partial charge in [-0.3, -0.25) is 14.7 Å². The predicted molar refractivity (Wildman–Crippen MR) is 115 cm³/mol. The molecule has 1 aliphatic rings. The van der Waals surface area contributed by atoms with Crippen LogP contribution >= 0.6 is 0 Å². The zero-order chi connectivity index (χ0) is 20.9. The maximum Gasteiger partial charge on any atom is 0.239 e. The Kier molecular flexibility index (Phi) is 10.6. The lowest BCUT2D eigenvalue weighted by molar-refractivity contribution is -0.133. The van der Waals surface area contributed by atoms with Gasteiger partial charge in [0.15, 0.2) is 5.96 Å². The van der Waals surface area contributed by atoms with Crippen molar-refractivity contribution in [2.45, 2.75) is 45.3 Å². The lowest BCUT2D eigenvalue weighted by Crippen LogP contribution is -2.44. The van der Waals surface area contributed by atoms with Crippen molar-refractivity contribution in [3.63, 3.8) is 0 Å². The number of rotatable bonds is 12. The van der Waals surface area contributed by atoms with Crippen LogP contribution in [-0.2, 0) is 16.1 Å². The first kappa shape index (κ1) is 23.2. The van der Waals surface area contributed by atoms with Gasteiger partial charge >= 0.3 is 0 Å². The summed E-state index contributed by atoms with van der Waals surface area (Å²) in [7, 11) is 3.67. The van der Waals surface area contributed by atoms with Crippen LogP contribution in [0.2, 0.25) is 0 Å². The van der Waals surface area contributed by atoms with Crippen LogP contribution in [0.15, 0.2) is 27.8 Å². The Bertz CT molecular complexity index is 603. The number of hydrogen-bond acceptors (Lipinski definition) is 5. The Hall–Kier alpha value is -2.06. The van der Waals surface area contributed by atoms with Gasteiger partial charge in [0.2, 0.25) is 5.91 Å². The molecule has 1 aromatic heterocycles. The van der Waals surface area contributed by atoms with Crippen LogP contribution in [0, 0.1) is 0 Å². The number of furan rings is 1. The second-order valence-electron chi connectivity index (χ2n) is 7.45. The van der Waals surface area contributed by atoms with E-state index in [9.17, 15) is 4.79 Å². The Labute approximate surface area is 174 Å². The monoisotopic (exact) mass is 407 g/mol. The number of carbonyl (C=O) groups excluding carboxylic acids is 1. The third-order valence-corrected chi connectivity index (χ3v) is 4.89. The summed E-state index contributed by atoms with van der Waals surface area (Å²) in [5, 5.41) is 6.66. The number of likely N-dealkylation sites (N-methyl/N-ethyl adjacent to an activating group) is 1. The summed E-state index contributed by atoms with van der Waals surface area (Å²) in [5.41, 5.74) is 0. The third kappa shape index (κ3) is 8.45. The van der Waals surface area contributed by atoms with E-state index < -0.39 is 0 Å². The molecule has 0 aliphatic carbocycles. The fraction of sp³-hybridized carbons (Fsp3) is 0.714. The number of hydrogen-bond donors (Lipinski definition) is 2. The van der Waals surface area contributed by atoms with Crippen LogP contribution in [0.25, 0.3) is 0 Å². The molecule has 1 unspecified atom stereocenters. The second-order valence-corrected chi connectivity index (χ2v) is 7.45. The van der Waals surface area contributed by atoms with Gasteiger partial charge in [-0.25, -0.2) is 0 Å². The van der Waals surface area contributed by atoms with E-state index >= 15 is 0 Å². The SMILES string of the molecule is CCNC(=NCCCOCc1ccco1)NCCCN1CCCC1C(=O)N(C)C. The fourth-order valence-corrected chi connectivity index (χ4v) is 3.43. The van der Waals surface area contributed by atoms with Crippen molar-refractivity contribution in [1.82, 2.24) is 20.4 Å². The van der Waals surface area contributed by atoms with Crippen molar-refractivity contribution in [2.75, 3.05) is 53.4 Å². The molecule has 1 aliphatic heterocycles. The van der Waals surface area contributed by atoms with E-state index in [1.165, 1.54) is 0 Å². The van der Waals surface area contributed by atoms with Crippen molar-refractivity contribution in [2.24, 2.45) is 4.99 Å². The third-order valence-electron chi connectivity index (χ3n) is 4.89. The Balaban J connectivity index is 1.61. The number of guanidine groups is 1. The molecule has 1 saturated heterocycles. The highest BCUT2D eigenvalue weighted by molar-refractivity contribution is 5.81. The minimum atomic E-state index is 0.0491. The topological polar surface area (TPSA) is 82.3 Å². The molecule has 1 atom stereocenters. The largest absolute Gasteiger partial charge is 0.467 e. The molecule has 0 radical (unpaired) electrons. The minimum Gasteiger partial charge on any atom is -0.467 e. The van der Waals surface area contributed by atoms with Crippen LogP contribution in [-0.4, -0.2) is 81.1 Å². The highest BCUT2D eigenvalue weighted by Crippen LogP contribution is 2.18. The van der Waals surface area contributed by atoms with Crippen LogP contribution < -0.4 is 10.6 Å². The smallest absolute Gasteiger partial charge is 0.239 e. The van der Waals surface area contributed by atoms with Crippen LogP contribution in [0.5, 0.6) is 0 Å². The Morgan fingerprint density at radius 2 is 2.24 bits per heavy atom. The number of ether oxygens (including phenoxy) is 1. The number of likely N-dealkylation sites (tertiary alicyclic amines) is 1. The van der Waals surface area contributed by atoms with Crippen molar-refractivity contribution < 1.29 is 13.9 Å². The molecule has 29 heavy (non-hydrogen) atoms. The molecule has 0 aromatic carbocycles. The van der Waals surface area contributed by atoms with Crippen LogP contribution in [0.3, 0.4) is 0 Å². The lowest BCUT2D eigenvalue weighted by atomic mass is 10.2.